The number of likely N-dealkylation sites (tertiary alicyclic amines) is 1. The largest absolute Gasteiger partial charge is 0.384 e. The average molecular weight is 290 g/mol. The van der Waals surface area contributed by atoms with Crippen molar-refractivity contribution in [2.24, 2.45) is 0 Å². The molecule has 0 aromatic carbocycles. The lowest BCUT2D eigenvalue weighted by molar-refractivity contribution is -0.126. The third-order valence-electron chi connectivity index (χ3n) is 3.97. The predicted octanol–water partition coefficient (Wildman–Crippen LogP) is 1.87. The molecule has 5 heteroatoms. The van der Waals surface area contributed by atoms with Gasteiger partial charge in [0.1, 0.15) is 0 Å². The minimum absolute atomic E-state index is 0.0544. The highest BCUT2D eigenvalue weighted by molar-refractivity contribution is 5.81. The molecule has 0 radical (unpaired) electrons. The van der Waals surface area contributed by atoms with Gasteiger partial charge in [-0.05, 0) is 45.0 Å². The van der Waals surface area contributed by atoms with Crippen molar-refractivity contribution in [2.75, 3.05) is 32.0 Å². The molecule has 1 saturated heterocycles. The molecule has 1 fully saturated rings. The molecule has 0 saturated carbocycles. The van der Waals surface area contributed by atoms with Gasteiger partial charge in [0.15, 0.2) is 0 Å². The number of pyridine rings is 1. The molecular formula is C16H26N4O. The highest BCUT2D eigenvalue weighted by atomic mass is 16.2. The van der Waals surface area contributed by atoms with Gasteiger partial charge in [-0.1, -0.05) is 12.8 Å². The third-order valence-corrected chi connectivity index (χ3v) is 3.97. The van der Waals surface area contributed by atoms with Crippen LogP contribution in [-0.4, -0.2) is 48.5 Å². The molecule has 5 nitrogen and oxygen atoms in total. The second kappa shape index (κ2) is 8.62. The number of anilines is 1. The summed E-state index contributed by atoms with van der Waals surface area (Å²) >= 11 is 0. The molecule has 0 aliphatic carbocycles. The van der Waals surface area contributed by atoms with E-state index in [-0.39, 0.29) is 11.9 Å². The fraction of sp³-hybridized carbons (Fsp3) is 0.625. The summed E-state index contributed by atoms with van der Waals surface area (Å²) in [6.07, 6.45) is 9.06. The molecule has 2 heterocycles. The van der Waals surface area contributed by atoms with Gasteiger partial charge in [0.2, 0.25) is 5.91 Å². The van der Waals surface area contributed by atoms with Gasteiger partial charge in [-0.15, -0.1) is 0 Å². The first kappa shape index (κ1) is 15.8. The van der Waals surface area contributed by atoms with Gasteiger partial charge in [-0.3, -0.25) is 14.7 Å². The average Bonchev–Trinajstić information content (AvgIpc) is 2.72. The van der Waals surface area contributed by atoms with Crippen LogP contribution in [0.3, 0.4) is 0 Å². The van der Waals surface area contributed by atoms with Crippen molar-refractivity contribution in [3.63, 3.8) is 0 Å². The van der Waals surface area contributed by atoms with Gasteiger partial charge < -0.3 is 10.6 Å². The van der Waals surface area contributed by atoms with Crippen molar-refractivity contribution in [2.45, 2.75) is 38.1 Å². The summed E-state index contributed by atoms with van der Waals surface area (Å²) < 4.78 is 0. The van der Waals surface area contributed by atoms with Gasteiger partial charge in [0.05, 0.1) is 11.7 Å². The van der Waals surface area contributed by atoms with E-state index in [4.69, 9.17) is 0 Å². The quantitative estimate of drug-likeness (QED) is 0.785. The van der Waals surface area contributed by atoms with E-state index in [2.05, 4.69) is 27.6 Å². The van der Waals surface area contributed by atoms with Gasteiger partial charge in [0, 0.05) is 25.5 Å². The summed E-state index contributed by atoms with van der Waals surface area (Å²) in [6, 6.07) is 3.96. The van der Waals surface area contributed by atoms with Crippen LogP contribution in [0.1, 0.15) is 32.1 Å². The van der Waals surface area contributed by atoms with Crippen molar-refractivity contribution in [1.29, 1.82) is 0 Å². The van der Waals surface area contributed by atoms with Crippen molar-refractivity contribution in [3.8, 4) is 0 Å². The number of hydrogen-bond acceptors (Lipinski definition) is 4. The van der Waals surface area contributed by atoms with Crippen molar-refractivity contribution in [1.82, 2.24) is 15.2 Å². The van der Waals surface area contributed by atoms with E-state index < -0.39 is 0 Å². The SMILES string of the molecule is CN1CCCCC[C@@H]1C(=O)NCCCNc1cccnc1. The van der Waals surface area contributed by atoms with E-state index in [0.29, 0.717) is 0 Å². The zero-order valence-corrected chi connectivity index (χ0v) is 12.8. The van der Waals surface area contributed by atoms with Crippen molar-refractivity contribution in [3.05, 3.63) is 24.5 Å². The van der Waals surface area contributed by atoms with Crippen LogP contribution in [0.5, 0.6) is 0 Å². The van der Waals surface area contributed by atoms with Crippen molar-refractivity contribution >= 4 is 11.6 Å². The molecule has 1 aliphatic heterocycles. The molecule has 1 aromatic rings. The van der Waals surface area contributed by atoms with Gasteiger partial charge in [-0.25, -0.2) is 0 Å². The summed E-state index contributed by atoms with van der Waals surface area (Å²) in [6.45, 7) is 2.59. The summed E-state index contributed by atoms with van der Waals surface area (Å²) in [7, 11) is 2.06. The first-order valence-corrected chi connectivity index (χ1v) is 7.89. The smallest absolute Gasteiger partial charge is 0.237 e. The van der Waals surface area contributed by atoms with Crippen LogP contribution in [0.15, 0.2) is 24.5 Å². The fourth-order valence-electron chi connectivity index (χ4n) is 2.70. The molecule has 21 heavy (non-hydrogen) atoms. The molecule has 1 atom stereocenters. The van der Waals surface area contributed by atoms with E-state index in [1.54, 1.807) is 12.4 Å². The van der Waals surface area contributed by atoms with Gasteiger partial charge in [-0.2, -0.15) is 0 Å². The highest BCUT2D eigenvalue weighted by Crippen LogP contribution is 2.15. The molecule has 1 aliphatic rings. The summed E-state index contributed by atoms with van der Waals surface area (Å²) in [4.78, 5) is 18.5. The number of nitrogens with zero attached hydrogens (tertiary/aromatic N) is 2. The molecule has 0 spiro atoms. The Hall–Kier alpha value is -1.62. The molecule has 0 unspecified atom stereocenters. The second-order valence-corrected chi connectivity index (χ2v) is 5.66. The molecule has 1 aromatic heterocycles. The van der Waals surface area contributed by atoms with Crippen LogP contribution in [0.2, 0.25) is 0 Å². The maximum atomic E-state index is 12.2. The van der Waals surface area contributed by atoms with Crippen LogP contribution < -0.4 is 10.6 Å². The molecule has 116 valence electrons. The van der Waals surface area contributed by atoms with Gasteiger partial charge in [0.25, 0.3) is 0 Å². The zero-order chi connectivity index (χ0) is 14.9. The van der Waals surface area contributed by atoms with E-state index in [0.717, 1.165) is 44.6 Å². The number of likely N-dealkylation sites (N-methyl/N-ethyl adjacent to an activating group) is 1. The van der Waals surface area contributed by atoms with Crippen LogP contribution in [-0.2, 0) is 4.79 Å². The maximum Gasteiger partial charge on any atom is 0.237 e. The Morgan fingerprint density at radius 3 is 3.10 bits per heavy atom. The predicted molar refractivity (Wildman–Crippen MR) is 85.2 cm³/mol. The Kier molecular flexibility index (Phi) is 6.47. The Morgan fingerprint density at radius 1 is 1.38 bits per heavy atom. The molecular weight excluding hydrogens is 264 g/mol. The summed E-state index contributed by atoms with van der Waals surface area (Å²) in [5, 5.41) is 6.35. The van der Waals surface area contributed by atoms with E-state index >= 15 is 0 Å². The highest BCUT2D eigenvalue weighted by Gasteiger charge is 2.23. The topological polar surface area (TPSA) is 57.3 Å². The zero-order valence-electron chi connectivity index (χ0n) is 12.8. The van der Waals surface area contributed by atoms with Crippen LogP contribution in [0.25, 0.3) is 0 Å². The first-order valence-electron chi connectivity index (χ1n) is 7.89. The maximum absolute atomic E-state index is 12.2. The number of rotatable bonds is 6. The van der Waals surface area contributed by atoms with Crippen LogP contribution in [0.4, 0.5) is 5.69 Å². The minimum atomic E-state index is 0.0544. The Balaban J connectivity index is 1.62. The lowest BCUT2D eigenvalue weighted by atomic mass is 10.1. The Labute approximate surface area is 127 Å². The number of aromatic nitrogens is 1. The molecule has 2 N–H and O–H groups in total. The number of amides is 1. The number of hydrogen-bond donors (Lipinski definition) is 2. The lowest BCUT2D eigenvalue weighted by Gasteiger charge is -2.24. The molecule has 1 amide bonds. The third kappa shape index (κ3) is 5.34. The number of carbonyl (C=O) groups excluding carboxylic acids is 1. The first-order chi connectivity index (χ1) is 10.3. The summed E-state index contributed by atoms with van der Waals surface area (Å²) in [5.41, 5.74) is 1.02. The summed E-state index contributed by atoms with van der Waals surface area (Å²) in [5.74, 6) is 0.181. The monoisotopic (exact) mass is 290 g/mol. The van der Waals surface area contributed by atoms with Gasteiger partial charge >= 0.3 is 0 Å². The minimum Gasteiger partial charge on any atom is -0.384 e. The number of nitrogens with one attached hydrogen (secondary N) is 2. The number of carbonyl (C=O) groups is 1. The molecule has 0 bridgehead atoms. The Bertz CT molecular complexity index is 424. The normalized spacial score (nSPS) is 19.8. The fourth-order valence-corrected chi connectivity index (χ4v) is 2.70. The Morgan fingerprint density at radius 2 is 2.29 bits per heavy atom. The van der Waals surface area contributed by atoms with E-state index in [9.17, 15) is 4.79 Å². The lowest BCUT2D eigenvalue weighted by Crippen LogP contribution is -2.45. The second-order valence-electron chi connectivity index (χ2n) is 5.66. The van der Waals surface area contributed by atoms with Crippen LogP contribution in [0, 0.1) is 0 Å². The van der Waals surface area contributed by atoms with Crippen molar-refractivity contribution < 1.29 is 4.79 Å². The standard InChI is InChI=1S/C16H26N4O/c1-20-12-4-2-3-8-15(20)16(21)19-11-6-10-18-14-7-5-9-17-13-14/h5,7,9,13,15,18H,2-4,6,8,10-12H2,1H3,(H,19,21)/t15-/m1/s1. The van der Waals surface area contributed by atoms with E-state index in [1.165, 1.54) is 12.8 Å². The molecule has 2 rings (SSSR count). The van der Waals surface area contributed by atoms with Crippen LogP contribution >= 0.6 is 0 Å². The van der Waals surface area contributed by atoms with E-state index in [1.807, 2.05) is 12.1 Å².